The van der Waals surface area contributed by atoms with E-state index in [-0.39, 0.29) is 11.9 Å². The number of rotatable bonds is 0. The Hall–Kier alpha value is -0.570. The molecule has 0 spiro atoms. The summed E-state index contributed by atoms with van der Waals surface area (Å²) in [4.78, 5) is 10.7. The minimum atomic E-state index is 0.142. The monoisotopic (exact) mass is 158 g/mol. The van der Waals surface area contributed by atoms with Gasteiger partial charge in [-0.05, 0) is 12.8 Å². The average molecular weight is 158 g/mol. The van der Waals surface area contributed by atoms with Gasteiger partial charge < -0.3 is 11.1 Å². The van der Waals surface area contributed by atoms with Crippen molar-refractivity contribution in [3.05, 3.63) is 0 Å². The second-order valence-electron chi connectivity index (χ2n) is 2.44. The third-order valence-corrected chi connectivity index (χ3v) is 1.58. The molecule has 1 saturated heterocycles. The summed E-state index contributed by atoms with van der Waals surface area (Å²) >= 11 is 0. The molecule has 11 heavy (non-hydrogen) atoms. The Labute approximate surface area is 68.3 Å². The van der Waals surface area contributed by atoms with E-state index < -0.39 is 0 Å². The highest BCUT2D eigenvalue weighted by Crippen LogP contribution is 2.01. The van der Waals surface area contributed by atoms with Crippen LogP contribution in [0, 0.1) is 0 Å². The molecule has 1 aliphatic heterocycles. The topological polar surface area (TPSA) is 55.1 Å². The van der Waals surface area contributed by atoms with Gasteiger partial charge in [0.2, 0.25) is 5.91 Å². The molecular formula is C8H18N2O. The first-order valence-corrected chi connectivity index (χ1v) is 4.31. The van der Waals surface area contributed by atoms with Gasteiger partial charge in [-0.1, -0.05) is 13.8 Å². The molecule has 1 unspecified atom stereocenters. The number of amides is 1. The van der Waals surface area contributed by atoms with Crippen molar-refractivity contribution in [2.24, 2.45) is 5.73 Å². The standard InChI is InChI=1S/C6H12N2O.C2H6/c7-5-1-2-6(9)8-4-3-5;1-2/h5H,1-4,7H2,(H,8,9);1-2H3. The Morgan fingerprint density at radius 1 is 1.45 bits per heavy atom. The normalized spacial score (nSPS) is 24.3. The summed E-state index contributed by atoms with van der Waals surface area (Å²) < 4.78 is 0. The minimum absolute atomic E-state index is 0.142. The van der Waals surface area contributed by atoms with Crippen LogP contribution in [0.5, 0.6) is 0 Å². The first kappa shape index (κ1) is 10.4. The van der Waals surface area contributed by atoms with Crippen LogP contribution in [0.15, 0.2) is 0 Å². The van der Waals surface area contributed by atoms with Crippen molar-refractivity contribution in [1.29, 1.82) is 0 Å². The molecule has 0 aromatic carbocycles. The van der Waals surface area contributed by atoms with Gasteiger partial charge in [0.05, 0.1) is 0 Å². The fourth-order valence-corrected chi connectivity index (χ4v) is 0.946. The summed E-state index contributed by atoms with van der Waals surface area (Å²) in [5, 5.41) is 2.76. The van der Waals surface area contributed by atoms with Crippen LogP contribution in [-0.2, 0) is 4.79 Å². The maximum atomic E-state index is 10.7. The van der Waals surface area contributed by atoms with E-state index in [4.69, 9.17) is 5.73 Å². The van der Waals surface area contributed by atoms with Crippen molar-refractivity contribution in [2.45, 2.75) is 39.2 Å². The molecule has 3 heteroatoms. The summed E-state index contributed by atoms with van der Waals surface area (Å²) in [6, 6.07) is 0.226. The van der Waals surface area contributed by atoms with Crippen LogP contribution in [0.3, 0.4) is 0 Å². The first-order valence-electron chi connectivity index (χ1n) is 4.31. The van der Waals surface area contributed by atoms with Crippen molar-refractivity contribution < 1.29 is 4.79 Å². The van der Waals surface area contributed by atoms with E-state index in [9.17, 15) is 4.79 Å². The third kappa shape index (κ3) is 4.79. The van der Waals surface area contributed by atoms with Crippen molar-refractivity contribution in [2.75, 3.05) is 6.54 Å². The lowest BCUT2D eigenvalue weighted by molar-refractivity contribution is -0.120. The number of hydrogen-bond donors (Lipinski definition) is 2. The predicted octanol–water partition coefficient (Wildman–Crippen LogP) is 0.640. The van der Waals surface area contributed by atoms with Gasteiger partial charge in [0, 0.05) is 19.0 Å². The molecule has 1 aliphatic rings. The summed E-state index contributed by atoms with van der Waals surface area (Å²) in [6.07, 6.45) is 2.36. The molecule has 1 rings (SSSR count). The lowest BCUT2D eigenvalue weighted by Gasteiger charge is -2.02. The van der Waals surface area contributed by atoms with Crippen LogP contribution in [0.2, 0.25) is 0 Å². The molecule has 3 nitrogen and oxygen atoms in total. The summed E-state index contributed by atoms with van der Waals surface area (Å²) in [5.74, 6) is 0.142. The van der Waals surface area contributed by atoms with Gasteiger partial charge in [0.25, 0.3) is 0 Å². The van der Waals surface area contributed by atoms with Gasteiger partial charge in [-0.15, -0.1) is 0 Å². The van der Waals surface area contributed by atoms with Crippen LogP contribution in [0.1, 0.15) is 33.1 Å². The Morgan fingerprint density at radius 3 is 2.73 bits per heavy atom. The molecule has 1 atom stereocenters. The lowest BCUT2D eigenvalue weighted by Crippen LogP contribution is -2.23. The molecule has 0 aliphatic carbocycles. The fourth-order valence-electron chi connectivity index (χ4n) is 0.946. The molecule has 1 fully saturated rings. The lowest BCUT2D eigenvalue weighted by atomic mass is 10.1. The second-order valence-corrected chi connectivity index (χ2v) is 2.44. The second kappa shape index (κ2) is 6.16. The van der Waals surface area contributed by atoms with Gasteiger partial charge in [-0.2, -0.15) is 0 Å². The number of carbonyl (C=O) groups excluding carboxylic acids is 1. The van der Waals surface area contributed by atoms with E-state index in [1.807, 2.05) is 13.8 Å². The van der Waals surface area contributed by atoms with Gasteiger partial charge in [0.1, 0.15) is 0 Å². The fraction of sp³-hybridized carbons (Fsp3) is 0.875. The Morgan fingerprint density at radius 2 is 2.09 bits per heavy atom. The molecule has 0 saturated carbocycles. The average Bonchev–Trinajstić information content (AvgIpc) is 2.20. The van der Waals surface area contributed by atoms with Crippen LogP contribution >= 0.6 is 0 Å². The van der Waals surface area contributed by atoms with E-state index in [1.165, 1.54) is 0 Å². The van der Waals surface area contributed by atoms with E-state index in [2.05, 4.69) is 5.32 Å². The highest BCUT2D eigenvalue weighted by atomic mass is 16.1. The van der Waals surface area contributed by atoms with Gasteiger partial charge in [0.15, 0.2) is 0 Å². The molecule has 0 aromatic rings. The van der Waals surface area contributed by atoms with Gasteiger partial charge in [-0.3, -0.25) is 4.79 Å². The molecule has 0 bridgehead atoms. The zero-order valence-corrected chi connectivity index (χ0v) is 7.39. The summed E-state index contributed by atoms with van der Waals surface area (Å²) in [7, 11) is 0. The molecule has 0 aromatic heterocycles. The van der Waals surface area contributed by atoms with Crippen molar-refractivity contribution in [1.82, 2.24) is 5.32 Å². The maximum absolute atomic E-state index is 10.7. The van der Waals surface area contributed by atoms with E-state index in [0.29, 0.717) is 6.42 Å². The third-order valence-electron chi connectivity index (χ3n) is 1.58. The molecular weight excluding hydrogens is 140 g/mol. The molecule has 1 heterocycles. The number of nitrogens with two attached hydrogens (primary N) is 1. The van der Waals surface area contributed by atoms with Crippen LogP contribution in [-0.4, -0.2) is 18.5 Å². The first-order chi connectivity index (χ1) is 5.29. The number of hydrogen-bond acceptors (Lipinski definition) is 2. The van der Waals surface area contributed by atoms with Crippen LogP contribution < -0.4 is 11.1 Å². The highest BCUT2D eigenvalue weighted by molar-refractivity contribution is 5.76. The van der Waals surface area contributed by atoms with Crippen molar-refractivity contribution in [3.8, 4) is 0 Å². The van der Waals surface area contributed by atoms with Crippen molar-refractivity contribution >= 4 is 5.91 Å². The Kier molecular flexibility index (Phi) is 5.84. The van der Waals surface area contributed by atoms with Crippen LogP contribution in [0.4, 0.5) is 0 Å². The highest BCUT2D eigenvalue weighted by Gasteiger charge is 2.10. The Balaban J connectivity index is 0.000000461. The van der Waals surface area contributed by atoms with Gasteiger partial charge >= 0.3 is 0 Å². The zero-order valence-electron chi connectivity index (χ0n) is 7.39. The van der Waals surface area contributed by atoms with E-state index in [0.717, 1.165) is 19.4 Å². The Bertz CT molecular complexity index is 115. The quantitative estimate of drug-likeness (QED) is 0.543. The summed E-state index contributed by atoms with van der Waals surface area (Å²) in [5.41, 5.74) is 5.60. The van der Waals surface area contributed by atoms with Crippen LogP contribution in [0.25, 0.3) is 0 Å². The largest absolute Gasteiger partial charge is 0.356 e. The predicted molar refractivity (Wildman–Crippen MR) is 46.2 cm³/mol. The molecule has 66 valence electrons. The van der Waals surface area contributed by atoms with Gasteiger partial charge in [-0.25, -0.2) is 0 Å². The van der Waals surface area contributed by atoms with Crippen molar-refractivity contribution in [3.63, 3.8) is 0 Å². The van der Waals surface area contributed by atoms with E-state index >= 15 is 0 Å². The number of carbonyl (C=O) groups is 1. The molecule has 3 N–H and O–H groups in total. The SMILES string of the molecule is CC.NC1CCNC(=O)CC1. The molecule has 1 amide bonds. The zero-order chi connectivity index (χ0) is 8.69. The maximum Gasteiger partial charge on any atom is 0.220 e. The summed E-state index contributed by atoms with van der Waals surface area (Å²) in [6.45, 7) is 4.75. The van der Waals surface area contributed by atoms with E-state index in [1.54, 1.807) is 0 Å². The smallest absolute Gasteiger partial charge is 0.220 e. The number of nitrogens with one attached hydrogen (secondary N) is 1. The molecule has 0 radical (unpaired) electrons. The minimum Gasteiger partial charge on any atom is -0.356 e.